The van der Waals surface area contributed by atoms with Gasteiger partial charge in [-0.15, -0.1) is 0 Å². The third-order valence-corrected chi connectivity index (χ3v) is 4.84. The summed E-state index contributed by atoms with van der Waals surface area (Å²) in [5, 5.41) is 3.32. The summed E-state index contributed by atoms with van der Waals surface area (Å²) in [5.41, 5.74) is 0.542. The number of halogens is 1. The van der Waals surface area contributed by atoms with Crippen LogP contribution in [-0.4, -0.2) is 62.7 Å². The second-order valence-corrected chi connectivity index (χ2v) is 6.77. The minimum Gasteiger partial charge on any atom is -0.495 e. The minimum absolute atomic E-state index is 0.0999. The quantitative estimate of drug-likeness (QED) is 0.780. The Bertz CT molecular complexity index is 759. The molecule has 3 rings (SSSR count). The zero-order valence-electron chi connectivity index (χ0n) is 15.5. The maximum absolute atomic E-state index is 12.5. The average molecular weight is 394 g/mol. The predicted molar refractivity (Wildman–Crippen MR) is 104 cm³/mol. The smallest absolute Gasteiger partial charge is 0.238 e. The molecule has 1 aromatic heterocycles. The normalized spacial score (nSPS) is 15.5. The van der Waals surface area contributed by atoms with Crippen molar-refractivity contribution in [2.24, 2.45) is 0 Å². The molecule has 1 aliphatic heterocycles. The third kappa shape index (κ3) is 5.15. The van der Waals surface area contributed by atoms with Crippen molar-refractivity contribution in [3.05, 3.63) is 41.3 Å². The Hall–Kier alpha value is -2.22. The highest BCUT2D eigenvalue weighted by atomic mass is 35.5. The summed E-state index contributed by atoms with van der Waals surface area (Å²) in [6.07, 6.45) is 1.69. The number of rotatable bonds is 7. The number of carbonyl (C=O) groups is 1. The molecular weight excluding hydrogens is 370 g/mol. The molecule has 8 heteroatoms. The highest BCUT2D eigenvalue weighted by Crippen LogP contribution is 2.35. The Morgan fingerprint density at radius 3 is 2.48 bits per heavy atom. The van der Waals surface area contributed by atoms with Gasteiger partial charge in [-0.1, -0.05) is 11.6 Å². The highest BCUT2D eigenvalue weighted by Gasteiger charge is 2.20. The van der Waals surface area contributed by atoms with Gasteiger partial charge in [0.05, 0.1) is 44.3 Å². The minimum atomic E-state index is -0.0999. The highest BCUT2D eigenvalue weighted by molar-refractivity contribution is 6.32. The Morgan fingerprint density at radius 1 is 1.15 bits per heavy atom. The second-order valence-electron chi connectivity index (χ2n) is 6.37. The fourth-order valence-electron chi connectivity index (χ4n) is 3.08. The van der Waals surface area contributed by atoms with E-state index in [1.54, 1.807) is 18.4 Å². The molecule has 7 nitrogen and oxygen atoms in total. The zero-order chi connectivity index (χ0) is 19.2. The molecular formula is C19H24ClN3O4. The molecule has 0 saturated carbocycles. The van der Waals surface area contributed by atoms with E-state index in [4.69, 9.17) is 25.5 Å². The molecule has 1 amide bonds. The number of nitrogens with zero attached hydrogens (tertiary/aromatic N) is 2. The number of amides is 1. The van der Waals surface area contributed by atoms with Gasteiger partial charge in [0.15, 0.2) is 0 Å². The summed E-state index contributed by atoms with van der Waals surface area (Å²) >= 11 is 6.10. The van der Waals surface area contributed by atoms with Gasteiger partial charge in [-0.2, -0.15) is 0 Å². The fraction of sp³-hybridized carbons (Fsp3) is 0.421. The standard InChI is InChI=1S/C19H24ClN3O4/c1-25-17-11-16(18(26-2)10-15(17)20)21-19(24)13-23-7-5-22(6-8-23)12-14-4-3-9-27-14/h3-4,9-11H,5-8,12-13H2,1-2H3,(H,21,24). The molecule has 1 saturated heterocycles. The van der Waals surface area contributed by atoms with Gasteiger partial charge in [0.2, 0.25) is 5.91 Å². The van der Waals surface area contributed by atoms with Crippen LogP contribution in [0, 0.1) is 0 Å². The molecule has 1 N–H and O–H groups in total. The van der Waals surface area contributed by atoms with Crippen LogP contribution in [0.3, 0.4) is 0 Å². The van der Waals surface area contributed by atoms with E-state index in [1.807, 2.05) is 12.1 Å². The maximum Gasteiger partial charge on any atom is 0.238 e. The van der Waals surface area contributed by atoms with Crippen molar-refractivity contribution in [1.82, 2.24) is 9.80 Å². The van der Waals surface area contributed by atoms with Gasteiger partial charge in [-0.05, 0) is 12.1 Å². The average Bonchev–Trinajstić information content (AvgIpc) is 3.17. The van der Waals surface area contributed by atoms with E-state index >= 15 is 0 Å². The van der Waals surface area contributed by atoms with E-state index in [0.29, 0.717) is 28.8 Å². The van der Waals surface area contributed by atoms with Crippen LogP contribution in [0.5, 0.6) is 11.5 Å². The summed E-state index contributed by atoms with van der Waals surface area (Å²) in [4.78, 5) is 16.9. The summed E-state index contributed by atoms with van der Waals surface area (Å²) < 4.78 is 15.9. The van der Waals surface area contributed by atoms with Crippen molar-refractivity contribution in [3.8, 4) is 11.5 Å². The first-order chi connectivity index (χ1) is 13.1. The van der Waals surface area contributed by atoms with Crippen molar-refractivity contribution in [3.63, 3.8) is 0 Å². The molecule has 2 aromatic rings. The van der Waals surface area contributed by atoms with Crippen LogP contribution in [0.4, 0.5) is 5.69 Å². The first-order valence-electron chi connectivity index (χ1n) is 8.77. The molecule has 146 valence electrons. The van der Waals surface area contributed by atoms with Crippen molar-refractivity contribution in [2.45, 2.75) is 6.54 Å². The lowest BCUT2D eigenvalue weighted by Gasteiger charge is -2.33. The zero-order valence-corrected chi connectivity index (χ0v) is 16.3. The summed E-state index contributed by atoms with van der Waals surface area (Å²) in [6.45, 7) is 4.57. The number of furan rings is 1. The number of ether oxygens (including phenoxy) is 2. The third-order valence-electron chi connectivity index (χ3n) is 4.54. The number of nitrogens with one attached hydrogen (secondary N) is 1. The van der Waals surface area contributed by atoms with Crippen LogP contribution >= 0.6 is 11.6 Å². The van der Waals surface area contributed by atoms with Crippen molar-refractivity contribution >= 4 is 23.2 Å². The molecule has 0 aliphatic carbocycles. The molecule has 1 aromatic carbocycles. The molecule has 2 heterocycles. The van der Waals surface area contributed by atoms with E-state index in [9.17, 15) is 4.79 Å². The number of hydrogen-bond donors (Lipinski definition) is 1. The van der Waals surface area contributed by atoms with E-state index < -0.39 is 0 Å². The van der Waals surface area contributed by atoms with Crippen molar-refractivity contribution in [1.29, 1.82) is 0 Å². The van der Waals surface area contributed by atoms with Crippen molar-refractivity contribution in [2.75, 3.05) is 52.3 Å². The Balaban J connectivity index is 1.51. The van der Waals surface area contributed by atoms with Gasteiger partial charge in [0.1, 0.15) is 17.3 Å². The number of hydrogen-bond acceptors (Lipinski definition) is 6. The number of anilines is 1. The number of benzene rings is 1. The fourth-order valence-corrected chi connectivity index (χ4v) is 3.31. The van der Waals surface area contributed by atoms with Crippen LogP contribution in [0.2, 0.25) is 5.02 Å². The summed E-state index contributed by atoms with van der Waals surface area (Å²) in [6, 6.07) is 7.17. The van der Waals surface area contributed by atoms with E-state index in [2.05, 4.69) is 15.1 Å². The molecule has 0 bridgehead atoms. The molecule has 0 unspecified atom stereocenters. The molecule has 0 radical (unpaired) electrons. The molecule has 0 atom stereocenters. The largest absolute Gasteiger partial charge is 0.495 e. The Kier molecular flexibility index (Phi) is 6.60. The second kappa shape index (κ2) is 9.12. The first-order valence-corrected chi connectivity index (χ1v) is 9.15. The monoisotopic (exact) mass is 393 g/mol. The lowest BCUT2D eigenvalue weighted by atomic mass is 10.2. The Morgan fingerprint density at radius 2 is 1.85 bits per heavy atom. The summed E-state index contributed by atoms with van der Waals surface area (Å²) in [5.74, 6) is 1.85. The van der Waals surface area contributed by atoms with Gasteiger partial charge in [-0.25, -0.2) is 0 Å². The molecule has 0 spiro atoms. The summed E-state index contributed by atoms with van der Waals surface area (Å²) in [7, 11) is 3.06. The lowest BCUT2D eigenvalue weighted by Crippen LogP contribution is -2.48. The van der Waals surface area contributed by atoms with Crippen LogP contribution in [-0.2, 0) is 11.3 Å². The van der Waals surface area contributed by atoms with E-state index in [0.717, 1.165) is 38.5 Å². The SMILES string of the molecule is COc1cc(NC(=O)CN2CCN(Cc3ccco3)CC2)c(OC)cc1Cl. The van der Waals surface area contributed by atoms with E-state index in [-0.39, 0.29) is 5.91 Å². The van der Waals surface area contributed by atoms with Gasteiger partial charge in [-0.3, -0.25) is 14.6 Å². The topological polar surface area (TPSA) is 67.2 Å². The van der Waals surface area contributed by atoms with Crippen molar-refractivity contribution < 1.29 is 18.7 Å². The molecule has 1 aliphatic rings. The number of carbonyl (C=O) groups excluding carboxylic acids is 1. The van der Waals surface area contributed by atoms with Gasteiger partial charge < -0.3 is 19.2 Å². The van der Waals surface area contributed by atoms with Gasteiger partial charge >= 0.3 is 0 Å². The van der Waals surface area contributed by atoms with Gasteiger partial charge in [0.25, 0.3) is 0 Å². The predicted octanol–water partition coefficient (Wildman–Crippen LogP) is 2.71. The molecule has 27 heavy (non-hydrogen) atoms. The van der Waals surface area contributed by atoms with Crippen LogP contribution < -0.4 is 14.8 Å². The van der Waals surface area contributed by atoms with Gasteiger partial charge in [0, 0.05) is 38.3 Å². The lowest BCUT2D eigenvalue weighted by molar-refractivity contribution is -0.117. The number of methoxy groups -OCH3 is 2. The van der Waals surface area contributed by atoms with Crippen LogP contribution in [0.25, 0.3) is 0 Å². The van der Waals surface area contributed by atoms with Crippen LogP contribution in [0.15, 0.2) is 34.9 Å². The molecule has 1 fully saturated rings. The number of piperazine rings is 1. The first kappa shape index (κ1) is 19.5. The Labute approximate surface area is 163 Å². The maximum atomic E-state index is 12.5. The van der Waals surface area contributed by atoms with E-state index in [1.165, 1.54) is 14.2 Å². The van der Waals surface area contributed by atoms with Crippen LogP contribution in [0.1, 0.15) is 5.76 Å².